The number of hydrogen-bond acceptors (Lipinski definition) is 7. The molecule has 10 heteroatoms. The van der Waals surface area contributed by atoms with Gasteiger partial charge in [0.25, 0.3) is 0 Å². The Bertz CT molecular complexity index is 1790. The minimum atomic E-state index is -0.252. The predicted molar refractivity (Wildman–Crippen MR) is 145 cm³/mol. The van der Waals surface area contributed by atoms with E-state index < -0.39 is 0 Å². The number of anilines is 1. The SMILES string of the molecule is C=C(Nc1cncc(-c2cc3c(-c4nc5c(-c6ccc(F)s6)cncc5[nH]4)n[nH]c3cn2)c1)C(C)(C)C. The molecule has 0 aliphatic heterocycles. The lowest BCUT2D eigenvalue weighted by molar-refractivity contribution is 0.509. The van der Waals surface area contributed by atoms with Gasteiger partial charge in [-0.2, -0.15) is 9.49 Å². The summed E-state index contributed by atoms with van der Waals surface area (Å²) in [5, 5.41) is 11.5. The topological polar surface area (TPSA) is 108 Å². The van der Waals surface area contributed by atoms with E-state index >= 15 is 0 Å². The second kappa shape index (κ2) is 8.59. The van der Waals surface area contributed by atoms with Crippen LogP contribution in [0.3, 0.4) is 0 Å². The second-order valence-electron chi connectivity index (χ2n) is 9.78. The number of thiophene rings is 1. The first-order valence-electron chi connectivity index (χ1n) is 11.6. The van der Waals surface area contributed by atoms with Crippen LogP contribution in [0.4, 0.5) is 10.1 Å². The molecular weight excluding hydrogens is 487 g/mol. The zero-order valence-electron chi connectivity index (χ0n) is 20.4. The maximum absolute atomic E-state index is 13.7. The van der Waals surface area contributed by atoms with Crippen LogP contribution in [0, 0.1) is 10.5 Å². The summed E-state index contributed by atoms with van der Waals surface area (Å²) in [6.07, 6.45) is 8.70. The molecule has 0 radical (unpaired) electrons. The first-order valence-corrected chi connectivity index (χ1v) is 12.4. The Hall–Kier alpha value is -4.44. The van der Waals surface area contributed by atoms with E-state index in [1.165, 1.54) is 6.07 Å². The van der Waals surface area contributed by atoms with Gasteiger partial charge in [0.05, 0.1) is 41.0 Å². The van der Waals surface area contributed by atoms with E-state index in [1.54, 1.807) is 37.1 Å². The van der Waals surface area contributed by atoms with Crippen molar-refractivity contribution in [1.82, 2.24) is 35.1 Å². The van der Waals surface area contributed by atoms with Gasteiger partial charge in [0.2, 0.25) is 0 Å². The highest BCUT2D eigenvalue weighted by atomic mass is 32.1. The molecule has 0 aliphatic rings. The van der Waals surface area contributed by atoms with Crippen LogP contribution in [0.5, 0.6) is 0 Å². The number of aromatic amines is 2. The van der Waals surface area contributed by atoms with E-state index in [9.17, 15) is 4.39 Å². The molecule has 0 aromatic carbocycles. The number of H-pyrrole nitrogens is 2. The molecule has 6 aromatic heterocycles. The summed E-state index contributed by atoms with van der Waals surface area (Å²) >= 11 is 1.06. The first kappa shape index (κ1) is 23.0. The van der Waals surface area contributed by atoms with Gasteiger partial charge in [0.1, 0.15) is 11.2 Å². The lowest BCUT2D eigenvalue weighted by Crippen LogP contribution is -2.15. The maximum Gasteiger partial charge on any atom is 0.176 e. The maximum atomic E-state index is 13.7. The first-order chi connectivity index (χ1) is 17.8. The summed E-state index contributed by atoms with van der Waals surface area (Å²) in [6, 6.07) is 7.15. The molecule has 0 spiro atoms. The summed E-state index contributed by atoms with van der Waals surface area (Å²) in [5.74, 6) is 0.583. The average Bonchev–Trinajstić information content (AvgIpc) is 3.60. The molecule has 0 atom stereocenters. The molecule has 0 bridgehead atoms. The molecule has 0 amide bonds. The van der Waals surface area contributed by atoms with Gasteiger partial charge in [0.15, 0.2) is 11.0 Å². The van der Waals surface area contributed by atoms with Crippen molar-refractivity contribution in [1.29, 1.82) is 0 Å². The van der Waals surface area contributed by atoms with Gasteiger partial charge in [-0.25, -0.2) is 4.98 Å². The number of rotatable bonds is 5. The summed E-state index contributed by atoms with van der Waals surface area (Å²) in [6.45, 7) is 10.5. The second-order valence-corrected chi connectivity index (χ2v) is 10.8. The minimum absolute atomic E-state index is 0.0848. The number of halogens is 1. The minimum Gasteiger partial charge on any atom is -0.358 e. The third kappa shape index (κ3) is 4.25. The molecule has 6 heterocycles. The van der Waals surface area contributed by atoms with Crippen molar-refractivity contribution in [3.63, 3.8) is 0 Å². The fraction of sp³-hybridized carbons (Fsp3) is 0.148. The highest BCUT2D eigenvalue weighted by Crippen LogP contribution is 2.34. The van der Waals surface area contributed by atoms with Gasteiger partial charge in [-0.3, -0.25) is 20.1 Å². The van der Waals surface area contributed by atoms with Gasteiger partial charge < -0.3 is 10.3 Å². The van der Waals surface area contributed by atoms with Gasteiger partial charge in [-0.15, -0.1) is 11.3 Å². The van der Waals surface area contributed by atoms with E-state index in [0.717, 1.165) is 60.8 Å². The van der Waals surface area contributed by atoms with Crippen molar-refractivity contribution in [2.24, 2.45) is 5.41 Å². The summed E-state index contributed by atoms with van der Waals surface area (Å²) in [4.78, 5) is 22.2. The molecule has 8 nitrogen and oxygen atoms in total. The van der Waals surface area contributed by atoms with Crippen LogP contribution >= 0.6 is 11.3 Å². The molecule has 6 aromatic rings. The molecule has 0 fully saturated rings. The van der Waals surface area contributed by atoms with Gasteiger partial charge >= 0.3 is 0 Å². The van der Waals surface area contributed by atoms with E-state index in [0.29, 0.717) is 17.0 Å². The van der Waals surface area contributed by atoms with Crippen LogP contribution in [-0.2, 0) is 0 Å². The summed E-state index contributed by atoms with van der Waals surface area (Å²) < 4.78 is 13.7. The van der Waals surface area contributed by atoms with Gasteiger partial charge in [-0.05, 0) is 24.3 Å². The highest BCUT2D eigenvalue weighted by Gasteiger charge is 2.18. The molecule has 0 saturated heterocycles. The Kier molecular flexibility index (Phi) is 5.34. The number of nitrogens with zero attached hydrogens (tertiary/aromatic N) is 5. The number of aromatic nitrogens is 7. The molecular formula is C27H23FN8S. The quantitative estimate of drug-likeness (QED) is 0.235. The number of allylic oxidation sites excluding steroid dienone is 1. The normalized spacial score (nSPS) is 11.9. The zero-order valence-corrected chi connectivity index (χ0v) is 21.2. The molecule has 0 unspecified atom stereocenters. The van der Waals surface area contributed by atoms with Crippen LogP contribution in [0.1, 0.15) is 20.8 Å². The van der Waals surface area contributed by atoms with Crippen molar-refractivity contribution in [3.05, 3.63) is 72.7 Å². The van der Waals surface area contributed by atoms with Crippen LogP contribution < -0.4 is 5.32 Å². The molecule has 0 saturated carbocycles. The standard InChI is InChI=1S/C27H23FN8S/c1-14(27(2,3)4)32-16-7-15(9-29-10-16)19-8-17-20(13-31-19)35-36-25(17)26-33-21-12-30-11-18(24(21)34-26)22-5-6-23(28)37-22/h5-13,32H,1H2,2-4H3,(H,33,34)(H,35,36). The molecule has 3 N–H and O–H groups in total. The lowest BCUT2D eigenvalue weighted by Gasteiger charge is -2.23. The van der Waals surface area contributed by atoms with Crippen LogP contribution in [0.15, 0.2) is 67.5 Å². The zero-order chi connectivity index (χ0) is 25.7. The Balaban J connectivity index is 1.40. The van der Waals surface area contributed by atoms with E-state index in [1.807, 2.05) is 12.1 Å². The monoisotopic (exact) mass is 510 g/mol. The van der Waals surface area contributed by atoms with Crippen molar-refractivity contribution in [2.45, 2.75) is 20.8 Å². The molecule has 184 valence electrons. The van der Waals surface area contributed by atoms with Crippen LogP contribution in [0.2, 0.25) is 0 Å². The Morgan fingerprint density at radius 2 is 1.86 bits per heavy atom. The highest BCUT2D eigenvalue weighted by molar-refractivity contribution is 7.14. The van der Waals surface area contributed by atoms with Crippen molar-refractivity contribution >= 4 is 39.0 Å². The average molecular weight is 511 g/mol. The van der Waals surface area contributed by atoms with Crippen molar-refractivity contribution in [2.75, 3.05) is 5.32 Å². The third-order valence-electron chi connectivity index (χ3n) is 6.14. The van der Waals surface area contributed by atoms with Gasteiger partial charge in [0, 0.05) is 44.9 Å². The van der Waals surface area contributed by atoms with Crippen molar-refractivity contribution < 1.29 is 4.39 Å². The van der Waals surface area contributed by atoms with E-state index in [-0.39, 0.29) is 10.5 Å². The fourth-order valence-electron chi connectivity index (χ4n) is 3.95. The number of fused-ring (bicyclic) bond motifs is 2. The predicted octanol–water partition coefficient (Wildman–Crippen LogP) is 6.80. The number of pyridine rings is 3. The van der Waals surface area contributed by atoms with E-state index in [2.05, 4.69) is 62.8 Å². The summed E-state index contributed by atoms with van der Waals surface area (Å²) in [7, 11) is 0. The molecule has 6 rings (SSSR count). The number of nitrogens with one attached hydrogen (secondary N) is 3. The Morgan fingerprint density at radius 1 is 1.03 bits per heavy atom. The van der Waals surface area contributed by atoms with Crippen LogP contribution in [-0.4, -0.2) is 35.1 Å². The molecule has 0 aliphatic carbocycles. The molecule has 37 heavy (non-hydrogen) atoms. The van der Waals surface area contributed by atoms with Crippen molar-refractivity contribution in [3.8, 4) is 33.2 Å². The van der Waals surface area contributed by atoms with E-state index in [4.69, 9.17) is 4.98 Å². The number of hydrogen-bond donors (Lipinski definition) is 3. The Labute approximate surface area is 215 Å². The van der Waals surface area contributed by atoms with Crippen LogP contribution in [0.25, 0.3) is 55.2 Å². The van der Waals surface area contributed by atoms with Gasteiger partial charge in [-0.1, -0.05) is 27.4 Å². The smallest absolute Gasteiger partial charge is 0.176 e. The Morgan fingerprint density at radius 3 is 2.65 bits per heavy atom. The number of imidazole rings is 1. The third-order valence-corrected chi connectivity index (χ3v) is 7.05. The largest absolute Gasteiger partial charge is 0.358 e. The lowest BCUT2D eigenvalue weighted by atomic mass is 9.93. The fourth-order valence-corrected chi connectivity index (χ4v) is 4.69. The summed E-state index contributed by atoms with van der Waals surface area (Å²) in [5.41, 5.74) is 6.92.